The summed E-state index contributed by atoms with van der Waals surface area (Å²) in [6.45, 7) is 4.25. The molecule has 2 heterocycles. The summed E-state index contributed by atoms with van der Waals surface area (Å²) in [5.41, 5.74) is 9.34. The predicted molar refractivity (Wildman–Crippen MR) is 71.6 cm³/mol. The summed E-state index contributed by atoms with van der Waals surface area (Å²) < 4.78 is 5.44. The van der Waals surface area contributed by atoms with Gasteiger partial charge >= 0.3 is 0 Å². The number of imidazole rings is 1. The van der Waals surface area contributed by atoms with Crippen LogP contribution in [0.5, 0.6) is 0 Å². The summed E-state index contributed by atoms with van der Waals surface area (Å²) in [5, 5.41) is 0. The molecule has 0 radical (unpaired) electrons. The molecule has 1 aromatic carbocycles. The highest BCUT2D eigenvalue weighted by molar-refractivity contribution is 5.76. The average Bonchev–Trinajstić information content (AvgIpc) is 2.83. The molecule has 3 rings (SSSR count). The van der Waals surface area contributed by atoms with Crippen molar-refractivity contribution in [3.8, 4) is 0 Å². The van der Waals surface area contributed by atoms with Crippen LogP contribution < -0.4 is 5.73 Å². The quantitative estimate of drug-likeness (QED) is 0.849. The minimum absolute atomic E-state index is 0.0365. The molecule has 1 aromatic heterocycles. The maximum Gasteiger partial charge on any atom is 0.114 e. The summed E-state index contributed by atoms with van der Waals surface area (Å²) >= 11 is 0. The minimum atomic E-state index is -0.0365. The highest BCUT2D eigenvalue weighted by Crippen LogP contribution is 2.33. The lowest BCUT2D eigenvalue weighted by Gasteiger charge is -2.34. The van der Waals surface area contributed by atoms with Crippen LogP contribution in [0, 0.1) is 6.92 Å². The molecule has 1 aliphatic heterocycles. The Morgan fingerprint density at radius 3 is 2.89 bits per heavy atom. The van der Waals surface area contributed by atoms with Crippen molar-refractivity contribution in [3.63, 3.8) is 0 Å². The fourth-order valence-corrected chi connectivity index (χ4v) is 2.67. The van der Waals surface area contributed by atoms with E-state index in [-0.39, 0.29) is 5.41 Å². The molecule has 0 unspecified atom stereocenters. The van der Waals surface area contributed by atoms with Crippen LogP contribution in [0.3, 0.4) is 0 Å². The van der Waals surface area contributed by atoms with Crippen molar-refractivity contribution < 1.29 is 4.74 Å². The molecule has 1 aliphatic rings. The summed E-state index contributed by atoms with van der Waals surface area (Å²) in [4.78, 5) is 8.18. The third-order valence-electron chi connectivity index (χ3n) is 3.98. The van der Waals surface area contributed by atoms with Crippen molar-refractivity contribution >= 4 is 11.0 Å². The Balaban J connectivity index is 2.06. The first-order chi connectivity index (χ1) is 8.73. The van der Waals surface area contributed by atoms with Gasteiger partial charge in [0, 0.05) is 25.2 Å². The van der Waals surface area contributed by atoms with Crippen LogP contribution in [0.25, 0.3) is 11.0 Å². The van der Waals surface area contributed by atoms with E-state index in [1.54, 1.807) is 0 Å². The number of nitrogens with one attached hydrogen (secondary N) is 1. The Morgan fingerprint density at radius 2 is 2.17 bits per heavy atom. The lowest BCUT2D eigenvalue weighted by Crippen LogP contribution is -2.41. The molecule has 18 heavy (non-hydrogen) atoms. The number of fused-ring (bicyclic) bond motifs is 1. The number of hydrogen-bond donors (Lipinski definition) is 2. The molecule has 0 aliphatic carbocycles. The molecule has 4 heteroatoms. The number of rotatable bonds is 2. The van der Waals surface area contributed by atoms with Gasteiger partial charge in [-0.3, -0.25) is 0 Å². The van der Waals surface area contributed by atoms with Gasteiger partial charge in [-0.05, 0) is 37.5 Å². The van der Waals surface area contributed by atoms with Crippen LogP contribution in [0.4, 0.5) is 0 Å². The van der Waals surface area contributed by atoms with Gasteiger partial charge in [0.2, 0.25) is 0 Å². The maximum absolute atomic E-state index is 6.01. The lowest BCUT2D eigenvalue weighted by atomic mass is 9.79. The largest absolute Gasteiger partial charge is 0.381 e. The van der Waals surface area contributed by atoms with Crippen LogP contribution in [0.15, 0.2) is 18.2 Å². The van der Waals surface area contributed by atoms with Crippen molar-refractivity contribution in [1.29, 1.82) is 0 Å². The molecule has 0 atom stereocenters. The molecular weight excluding hydrogens is 226 g/mol. The summed E-state index contributed by atoms with van der Waals surface area (Å²) in [5.74, 6) is 1.02. The molecule has 0 saturated carbocycles. The van der Waals surface area contributed by atoms with E-state index >= 15 is 0 Å². The van der Waals surface area contributed by atoms with E-state index in [1.807, 2.05) is 0 Å². The first-order valence-corrected chi connectivity index (χ1v) is 6.48. The number of ether oxygens (including phenoxy) is 1. The third-order valence-corrected chi connectivity index (χ3v) is 3.98. The summed E-state index contributed by atoms with van der Waals surface area (Å²) in [6.07, 6.45) is 1.89. The number of nitrogens with zero attached hydrogens (tertiary/aromatic N) is 1. The number of hydrogen-bond acceptors (Lipinski definition) is 3. The van der Waals surface area contributed by atoms with E-state index in [2.05, 4.69) is 30.1 Å². The van der Waals surface area contributed by atoms with Gasteiger partial charge in [0.1, 0.15) is 5.82 Å². The van der Waals surface area contributed by atoms with E-state index in [0.717, 1.165) is 42.9 Å². The molecule has 96 valence electrons. The number of nitrogens with two attached hydrogens (primary N) is 1. The van der Waals surface area contributed by atoms with Gasteiger partial charge < -0.3 is 15.5 Å². The van der Waals surface area contributed by atoms with Gasteiger partial charge in [-0.25, -0.2) is 4.98 Å². The van der Waals surface area contributed by atoms with Crippen LogP contribution in [-0.4, -0.2) is 29.7 Å². The fraction of sp³-hybridized carbons (Fsp3) is 0.500. The number of H-pyrrole nitrogens is 1. The second-order valence-corrected chi connectivity index (χ2v) is 5.20. The van der Waals surface area contributed by atoms with E-state index < -0.39 is 0 Å². The van der Waals surface area contributed by atoms with Gasteiger partial charge in [-0.1, -0.05) is 6.07 Å². The van der Waals surface area contributed by atoms with Crippen molar-refractivity contribution in [2.24, 2.45) is 5.73 Å². The molecule has 2 aromatic rings. The zero-order valence-electron chi connectivity index (χ0n) is 10.7. The van der Waals surface area contributed by atoms with Gasteiger partial charge in [0.25, 0.3) is 0 Å². The second-order valence-electron chi connectivity index (χ2n) is 5.20. The Bertz CT molecular complexity index is 555. The maximum atomic E-state index is 6.01. The number of aromatic amines is 1. The molecule has 0 amide bonds. The number of benzene rings is 1. The molecular formula is C14H19N3O. The SMILES string of the molecule is Cc1ccc2nc(C3(CN)CCOCC3)[nH]c2c1. The Hall–Kier alpha value is -1.39. The van der Waals surface area contributed by atoms with Gasteiger partial charge in [-0.2, -0.15) is 0 Å². The van der Waals surface area contributed by atoms with E-state index in [0.29, 0.717) is 6.54 Å². The monoisotopic (exact) mass is 245 g/mol. The summed E-state index contributed by atoms with van der Waals surface area (Å²) in [6, 6.07) is 6.29. The van der Waals surface area contributed by atoms with Crippen LogP contribution in [-0.2, 0) is 10.2 Å². The smallest absolute Gasteiger partial charge is 0.114 e. The first kappa shape index (κ1) is 11.7. The lowest BCUT2D eigenvalue weighted by molar-refractivity contribution is 0.0503. The van der Waals surface area contributed by atoms with Crippen molar-refractivity contribution in [1.82, 2.24) is 9.97 Å². The molecule has 3 N–H and O–H groups in total. The van der Waals surface area contributed by atoms with Crippen molar-refractivity contribution in [3.05, 3.63) is 29.6 Å². The standard InChI is InChI=1S/C14H19N3O/c1-10-2-3-11-12(8-10)17-13(16-11)14(9-15)4-6-18-7-5-14/h2-3,8H,4-7,9,15H2,1H3,(H,16,17). The highest BCUT2D eigenvalue weighted by Gasteiger charge is 2.36. The van der Waals surface area contributed by atoms with E-state index in [9.17, 15) is 0 Å². The predicted octanol–water partition coefficient (Wildman–Crippen LogP) is 1.88. The van der Waals surface area contributed by atoms with Crippen molar-refractivity contribution in [2.75, 3.05) is 19.8 Å². The van der Waals surface area contributed by atoms with Crippen LogP contribution in [0.1, 0.15) is 24.2 Å². The van der Waals surface area contributed by atoms with Crippen LogP contribution >= 0.6 is 0 Å². The third kappa shape index (κ3) is 1.82. The molecule has 0 spiro atoms. The molecule has 0 bridgehead atoms. The topological polar surface area (TPSA) is 63.9 Å². The minimum Gasteiger partial charge on any atom is -0.381 e. The molecule has 1 saturated heterocycles. The van der Waals surface area contributed by atoms with Gasteiger partial charge in [-0.15, -0.1) is 0 Å². The van der Waals surface area contributed by atoms with Gasteiger partial charge in [0.15, 0.2) is 0 Å². The first-order valence-electron chi connectivity index (χ1n) is 6.48. The van der Waals surface area contributed by atoms with E-state index in [4.69, 9.17) is 15.5 Å². The Kier molecular flexibility index (Phi) is 2.84. The zero-order chi connectivity index (χ0) is 12.6. The normalized spacial score (nSPS) is 19.2. The summed E-state index contributed by atoms with van der Waals surface area (Å²) in [7, 11) is 0. The zero-order valence-corrected chi connectivity index (χ0v) is 10.7. The van der Waals surface area contributed by atoms with Crippen LogP contribution in [0.2, 0.25) is 0 Å². The Labute approximate surface area is 107 Å². The second kappa shape index (κ2) is 4.37. The number of aromatic nitrogens is 2. The average molecular weight is 245 g/mol. The molecule has 1 fully saturated rings. The highest BCUT2D eigenvalue weighted by atomic mass is 16.5. The van der Waals surface area contributed by atoms with Gasteiger partial charge in [0.05, 0.1) is 11.0 Å². The fourth-order valence-electron chi connectivity index (χ4n) is 2.67. The Morgan fingerprint density at radius 1 is 1.39 bits per heavy atom. The number of aryl methyl sites for hydroxylation is 1. The van der Waals surface area contributed by atoms with E-state index in [1.165, 1.54) is 5.56 Å². The molecule has 4 nitrogen and oxygen atoms in total. The van der Waals surface area contributed by atoms with Crippen molar-refractivity contribution in [2.45, 2.75) is 25.2 Å².